The first kappa shape index (κ1) is 14.2. The quantitative estimate of drug-likeness (QED) is 0.908. The molecule has 1 aliphatic rings. The van der Waals surface area contributed by atoms with Crippen molar-refractivity contribution in [3.05, 3.63) is 34.3 Å². The minimum Gasteiger partial charge on any atom is -0.480 e. The molecule has 0 radical (unpaired) electrons. The zero-order valence-electron chi connectivity index (χ0n) is 11.8. The zero-order valence-corrected chi connectivity index (χ0v) is 12.6. The fraction of sp³-hybridized carbons (Fsp3) is 0.400. The van der Waals surface area contributed by atoms with Gasteiger partial charge in [-0.25, -0.2) is 0 Å². The minimum atomic E-state index is -0.821. The van der Waals surface area contributed by atoms with Gasteiger partial charge in [-0.15, -0.1) is 10.2 Å². The van der Waals surface area contributed by atoms with Crippen molar-refractivity contribution in [2.75, 3.05) is 6.54 Å². The van der Waals surface area contributed by atoms with Crippen LogP contribution >= 0.6 is 11.3 Å². The van der Waals surface area contributed by atoms with Crippen molar-refractivity contribution >= 4 is 17.3 Å². The zero-order chi connectivity index (χ0) is 14.8. The van der Waals surface area contributed by atoms with E-state index in [0.717, 1.165) is 34.8 Å². The molecule has 5 nitrogen and oxygen atoms in total. The number of carbonyl (C=O) groups is 1. The first-order valence-corrected chi connectivity index (χ1v) is 7.84. The predicted octanol–water partition coefficient (Wildman–Crippen LogP) is 2.57. The molecule has 2 aromatic rings. The van der Waals surface area contributed by atoms with E-state index < -0.39 is 5.97 Å². The van der Waals surface area contributed by atoms with Crippen LogP contribution in [0.2, 0.25) is 0 Å². The number of fused-ring (bicyclic) bond motifs is 1. The normalized spacial score (nSPS) is 17.5. The number of nitrogens with one attached hydrogen (secondary N) is 1. The standard InChI is InChI=1S/C15H17N3O2S/c1-9-17-18-15(21-9)12-6-2-5-11-10(12)4-3-7-13(11)16-8-14(19)20/h2,5-6,13,16H,3-4,7-8H2,1H3,(H,19,20). The van der Waals surface area contributed by atoms with Crippen molar-refractivity contribution < 1.29 is 9.90 Å². The summed E-state index contributed by atoms with van der Waals surface area (Å²) in [6.07, 6.45) is 3.04. The Morgan fingerprint density at radius 2 is 2.33 bits per heavy atom. The van der Waals surface area contributed by atoms with Gasteiger partial charge in [-0.05, 0) is 37.3 Å². The van der Waals surface area contributed by atoms with E-state index in [1.54, 1.807) is 11.3 Å². The molecular weight excluding hydrogens is 286 g/mol. The molecular formula is C15H17N3O2S. The van der Waals surface area contributed by atoms with Crippen LogP contribution in [0, 0.1) is 6.92 Å². The summed E-state index contributed by atoms with van der Waals surface area (Å²) in [7, 11) is 0. The van der Waals surface area contributed by atoms with Crippen molar-refractivity contribution in [1.29, 1.82) is 0 Å². The van der Waals surface area contributed by atoms with Gasteiger partial charge in [0.05, 0.1) is 6.54 Å². The molecule has 0 bridgehead atoms. The number of aromatic nitrogens is 2. The molecule has 0 spiro atoms. The number of aliphatic carboxylic acids is 1. The highest BCUT2D eigenvalue weighted by Crippen LogP contribution is 2.37. The number of rotatable bonds is 4. The third kappa shape index (κ3) is 2.96. The van der Waals surface area contributed by atoms with E-state index in [0.29, 0.717) is 0 Å². The third-order valence-corrected chi connectivity index (χ3v) is 4.64. The summed E-state index contributed by atoms with van der Waals surface area (Å²) in [5.41, 5.74) is 3.62. The van der Waals surface area contributed by atoms with Crippen LogP contribution in [0.25, 0.3) is 10.6 Å². The van der Waals surface area contributed by atoms with E-state index in [1.165, 1.54) is 11.1 Å². The smallest absolute Gasteiger partial charge is 0.317 e. The average Bonchev–Trinajstić information content (AvgIpc) is 2.90. The van der Waals surface area contributed by atoms with E-state index in [1.807, 2.05) is 13.0 Å². The van der Waals surface area contributed by atoms with Gasteiger partial charge in [-0.3, -0.25) is 4.79 Å². The van der Waals surface area contributed by atoms with Crippen molar-refractivity contribution in [1.82, 2.24) is 15.5 Å². The maximum Gasteiger partial charge on any atom is 0.317 e. The number of benzene rings is 1. The summed E-state index contributed by atoms with van der Waals surface area (Å²) in [5, 5.41) is 22.2. The number of carboxylic acids is 1. The molecule has 0 amide bonds. The maximum atomic E-state index is 10.8. The number of nitrogens with zero attached hydrogens (tertiary/aromatic N) is 2. The SMILES string of the molecule is Cc1nnc(-c2cccc3c2CCCC3NCC(=O)O)s1. The molecule has 0 saturated carbocycles. The molecule has 1 atom stereocenters. The van der Waals surface area contributed by atoms with E-state index in [2.05, 4.69) is 27.6 Å². The predicted molar refractivity (Wildman–Crippen MR) is 81.4 cm³/mol. The number of aryl methyl sites for hydroxylation is 1. The van der Waals surface area contributed by atoms with Crippen LogP contribution in [-0.4, -0.2) is 27.8 Å². The lowest BCUT2D eigenvalue weighted by molar-refractivity contribution is -0.136. The van der Waals surface area contributed by atoms with Crippen LogP contribution in [0.5, 0.6) is 0 Å². The second-order valence-corrected chi connectivity index (χ2v) is 6.40. The van der Waals surface area contributed by atoms with Gasteiger partial charge >= 0.3 is 5.97 Å². The second-order valence-electron chi connectivity index (χ2n) is 5.22. The molecule has 0 fully saturated rings. The van der Waals surface area contributed by atoms with Gasteiger partial charge in [0.1, 0.15) is 10.0 Å². The summed E-state index contributed by atoms with van der Waals surface area (Å²) in [6.45, 7) is 1.94. The molecule has 0 aliphatic heterocycles. The van der Waals surface area contributed by atoms with E-state index in [9.17, 15) is 4.79 Å². The second kappa shape index (κ2) is 5.91. The first-order valence-electron chi connectivity index (χ1n) is 7.02. The average molecular weight is 303 g/mol. The monoisotopic (exact) mass is 303 g/mol. The van der Waals surface area contributed by atoms with Crippen molar-refractivity contribution in [2.24, 2.45) is 0 Å². The van der Waals surface area contributed by atoms with Gasteiger partial charge in [0.15, 0.2) is 0 Å². The molecule has 1 unspecified atom stereocenters. The third-order valence-electron chi connectivity index (χ3n) is 3.76. The Hall–Kier alpha value is -1.79. The summed E-state index contributed by atoms with van der Waals surface area (Å²) < 4.78 is 0. The molecule has 0 saturated heterocycles. The fourth-order valence-corrected chi connectivity index (χ4v) is 3.62. The summed E-state index contributed by atoms with van der Waals surface area (Å²) in [4.78, 5) is 10.8. The number of hydrogen-bond acceptors (Lipinski definition) is 5. The Balaban J connectivity index is 1.95. The Morgan fingerprint density at radius 3 is 3.05 bits per heavy atom. The van der Waals surface area contributed by atoms with Crippen molar-refractivity contribution in [3.8, 4) is 10.6 Å². The van der Waals surface area contributed by atoms with Crippen molar-refractivity contribution in [2.45, 2.75) is 32.2 Å². The lowest BCUT2D eigenvalue weighted by Crippen LogP contribution is -2.30. The molecule has 110 valence electrons. The molecule has 21 heavy (non-hydrogen) atoms. The fourth-order valence-electron chi connectivity index (χ4n) is 2.88. The van der Waals surface area contributed by atoms with Gasteiger partial charge < -0.3 is 10.4 Å². The Bertz CT molecular complexity index is 669. The summed E-state index contributed by atoms with van der Waals surface area (Å²) >= 11 is 1.60. The minimum absolute atomic E-state index is 0.00769. The molecule has 1 aromatic carbocycles. The summed E-state index contributed by atoms with van der Waals surface area (Å²) in [6, 6.07) is 6.30. The van der Waals surface area contributed by atoms with Crippen LogP contribution < -0.4 is 5.32 Å². The Labute approximate surface area is 127 Å². The van der Waals surface area contributed by atoms with Crippen LogP contribution in [0.15, 0.2) is 18.2 Å². The van der Waals surface area contributed by atoms with E-state index >= 15 is 0 Å². The van der Waals surface area contributed by atoms with Crippen LogP contribution in [-0.2, 0) is 11.2 Å². The lowest BCUT2D eigenvalue weighted by atomic mass is 9.85. The highest BCUT2D eigenvalue weighted by Gasteiger charge is 2.23. The largest absolute Gasteiger partial charge is 0.480 e. The van der Waals surface area contributed by atoms with Gasteiger partial charge in [0.2, 0.25) is 0 Å². The molecule has 1 aromatic heterocycles. The summed E-state index contributed by atoms with van der Waals surface area (Å²) in [5.74, 6) is -0.821. The van der Waals surface area contributed by atoms with Gasteiger partial charge in [0.25, 0.3) is 0 Å². The highest BCUT2D eigenvalue weighted by molar-refractivity contribution is 7.14. The van der Waals surface area contributed by atoms with E-state index in [-0.39, 0.29) is 12.6 Å². The molecule has 3 rings (SSSR count). The first-order chi connectivity index (χ1) is 10.1. The molecule has 1 aliphatic carbocycles. The molecule has 2 N–H and O–H groups in total. The van der Waals surface area contributed by atoms with Gasteiger partial charge in [-0.1, -0.05) is 29.5 Å². The Kier molecular flexibility index (Phi) is 3.98. The molecule has 1 heterocycles. The van der Waals surface area contributed by atoms with Crippen LogP contribution in [0.3, 0.4) is 0 Å². The van der Waals surface area contributed by atoms with Gasteiger partial charge in [-0.2, -0.15) is 0 Å². The molecule has 6 heteroatoms. The number of carboxylic acid groups (broad SMARTS) is 1. The van der Waals surface area contributed by atoms with Crippen molar-refractivity contribution in [3.63, 3.8) is 0 Å². The van der Waals surface area contributed by atoms with E-state index in [4.69, 9.17) is 5.11 Å². The van der Waals surface area contributed by atoms with Crippen LogP contribution in [0.4, 0.5) is 0 Å². The maximum absolute atomic E-state index is 10.8. The lowest BCUT2D eigenvalue weighted by Gasteiger charge is -2.27. The highest BCUT2D eigenvalue weighted by atomic mass is 32.1. The number of hydrogen-bond donors (Lipinski definition) is 2. The topological polar surface area (TPSA) is 75.1 Å². The van der Waals surface area contributed by atoms with Crippen LogP contribution in [0.1, 0.15) is 35.0 Å². The Morgan fingerprint density at radius 1 is 1.48 bits per heavy atom. The van der Waals surface area contributed by atoms with Gasteiger partial charge in [0, 0.05) is 11.6 Å².